The number of ether oxygens (including phenoxy) is 1. The first kappa shape index (κ1) is 15.2. The molecule has 124 valence electrons. The molecule has 2 aliphatic rings. The summed E-state index contributed by atoms with van der Waals surface area (Å²) in [7, 11) is 0. The Morgan fingerprint density at radius 1 is 1.08 bits per heavy atom. The fourth-order valence-corrected chi connectivity index (χ4v) is 3.85. The van der Waals surface area contributed by atoms with Crippen molar-refractivity contribution in [2.45, 2.75) is 25.0 Å². The molecule has 2 saturated heterocycles. The summed E-state index contributed by atoms with van der Waals surface area (Å²) in [6.07, 6.45) is 1.73. The van der Waals surface area contributed by atoms with Gasteiger partial charge in [-0.05, 0) is 36.1 Å². The van der Waals surface area contributed by atoms with Crippen molar-refractivity contribution >= 4 is 6.09 Å². The van der Waals surface area contributed by atoms with Gasteiger partial charge >= 0.3 is 6.09 Å². The van der Waals surface area contributed by atoms with Crippen LogP contribution in [0.2, 0.25) is 0 Å². The smallest absolute Gasteiger partial charge is 0.407 e. The van der Waals surface area contributed by atoms with Crippen LogP contribution < -0.4 is 5.32 Å². The molecule has 1 N–H and O–H groups in total. The minimum atomic E-state index is -0.336. The van der Waals surface area contributed by atoms with E-state index in [0.29, 0.717) is 6.54 Å². The zero-order valence-electron chi connectivity index (χ0n) is 13.7. The largest absolute Gasteiger partial charge is 0.440 e. The van der Waals surface area contributed by atoms with Gasteiger partial charge in [0.2, 0.25) is 0 Å². The molecule has 0 bridgehead atoms. The maximum atomic E-state index is 11.5. The van der Waals surface area contributed by atoms with Crippen LogP contribution in [0.1, 0.15) is 18.4 Å². The van der Waals surface area contributed by atoms with Crippen molar-refractivity contribution in [1.29, 1.82) is 0 Å². The number of hydrogen-bond donors (Lipinski definition) is 1. The predicted octanol–water partition coefficient (Wildman–Crippen LogP) is 3.43. The Morgan fingerprint density at radius 2 is 1.88 bits per heavy atom. The predicted molar refractivity (Wildman–Crippen MR) is 93.6 cm³/mol. The second kappa shape index (κ2) is 6.29. The van der Waals surface area contributed by atoms with E-state index in [1.54, 1.807) is 0 Å². The van der Waals surface area contributed by atoms with E-state index < -0.39 is 0 Å². The van der Waals surface area contributed by atoms with Crippen molar-refractivity contribution in [3.63, 3.8) is 0 Å². The molecular formula is C20H22N2O2. The lowest BCUT2D eigenvalue weighted by Crippen LogP contribution is -2.50. The molecule has 4 heteroatoms. The van der Waals surface area contributed by atoms with E-state index in [9.17, 15) is 4.79 Å². The first-order valence-corrected chi connectivity index (χ1v) is 8.57. The summed E-state index contributed by atoms with van der Waals surface area (Å²) in [5.74, 6) is 0. The number of amides is 1. The zero-order valence-corrected chi connectivity index (χ0v) is 13.7. The average molecular weight is 322 g/mol. The molecule has 2 aliphatic heterocycles. The number of benzene rings is 2. The van der Waals surface area contributed by atoms with Gasteiger partial charge in [-0.1, -0.05) is 54.6 Å². The lowest BCUT2D eigenvalue weighted by Gasteiger charge is -2.38. The van der Waals surface area contributed by atoms with Crippen LogP contribution in [0, 0.1) is 0 Å². The first-order chi connectivity index (χ1) is 11.7. The zero-order chi connectivity index (χ0) is 16.4. The van der Waals surface area contributed by atoms with E-state index in [2.05, 4.69) is 58.7 Å². The highest BCUT2D eigenvalue weighted by Crippen LogP contribution is 2.30. The van der Waals surface area contributed by atoms with E-state index in [1.165, 1.54) is 16.7 Å². The number of piperidine rings is 1. The SMILES string of the molecule is O=C1NC[C@]2(CCCN(Cc3ccccc3-c3ccccc3)C2)O1. The second-order valence-corrected chi connectivity index (χ2v) is 6.76. The molecule has 1 spiro atoms. The summed E-state index contributed by atoms with van der Waals surface area (Å²) in [4.78, 5) is 13.9. The van der Waals surface area contributed by atoms with Crippen molar-refractivity contribution in [3.8, 4) is 11.1 Å². The lowest BCUT2D eigenvalue weighted by atomic mass is 9.92. The molecule has 4 rings (SSSR count). The molecule has 1 amide bonds. The topological polar surface area (TPSA) is 41.6 Å². The third-order valence-corrected chi connectivity index (χ3v) is 4.98. The molecular weight excluding hydrogens is 300 g/mol. The van der Waals surface area contributed by atoms with E-state index in [1.807, 2.05) is 6.07 Å². The summed E-state index contributed by atoms with van der Waals surface area (Å²) < 4.78 is 5.58. The molecule has 0 unspecified atom stereocenters. The van der Waals surface area contributed by atoms with Crippen molar-refractivity contribution in [2.75, 3.05) is 19.6 Å². The molecule has 0 saturated carbocycles. The summed E-state index contributed by atoms with van der Waals surface area (Å²) in [5.41, 5.74) is 3.50. The highest BCUT2D eigenvalue weighted by Gasteiger charge is 2.43. The quantitative estimate of drug-likeness (QED) is 0.941. The molecule has 1 atom stereocenters. The summed E-state index contributed by atoms with van der Waals surface area (Å²) in [5, 5.41) is 2.81. The Labute approximate surface area is 142 Å². The van der Waals surface area contributed by atoms with Crippen LogP contribution in [0.4, 0.5) is 4.79 Å². The Morgan fingerprint density at radius 3 is 2.67 bits per heavy atom. The van der Waals surface area contributed by atoms with Crippen molar-refractivity contribution in [2.24, 2.45) is 0 Å². The van der Waals surface area contributed by atoms with Gasteiger partial charge in [-0.2, -0.15) is 0 Å². The molecule has 0 aromatic heterocycles. The van der Waals surface area contributed by atoms with E-state index >= 15 is 0 Å². The molecule has 2 heterocycles. The minimum absolute atomic E-state index is 0.276. The normalized spacial score (nSPS) is 23.9. The number of nitrogens with zero attached hydrogens (tertiary/aromatic N) is 1. The van der Waals surface area contributed by atoms with Crippen molar-refractivity contribution in [3.05, 3.63) is 60.2 Å². The number of likely N-dealkylation sites (tertiary alicyclic amines) is 1. The molecule has 2 fully saturated rings. The van der Waals surface area contributed by atoms with Crippen molar-refractivity contribution in [1.82, 2.24) is 10.2 Å². The number of carbonyl (C=O) groups excluding carboxylic acids is 1. The average Bonchev–Trinajstić information content (AvgIpc) is 2.96. The number of hydrogen-bond acceptors (Lipinski definition) is 3. The van der Waals surface area contributed by atoms with Crippen LogP contribution >= 0.6 is 0 Å². The third-order valence-electron chi connectivity index (χ3n) is 4.98. The van der Waals surface area contributed by atoms with Gasteiger partial charge in [-0.25, -0.2) is 4.79 Å². The molecule has 2 aromatic rings. The Hall–Kier alpha value is -2.33. The van der Waals surface area contributed by atoms with Crippen LogP contribution in [-0.4, -0.2) is 36.2 Å². The van der Waals surface area contributed by atoms with Crippen LogP contribution in [0.15, 0.2) is 54.6 Å². The van der Waals surface area contributed by atoms with Gasteiger partial charge in [0.15, 0.2) is 0 Å². The third kappa shape index (κ3) is 3.02. The van der Waals surface area contributed by atoms with Gasteiger partial charge < -0.3 is 10.1 Å². The van der Waals surface area contributed by atoms with Gasteiger partial charge in [0.05, 0.1) is 6.54 Å². The van der Waals surface area contributed by atoms with Gasteiger partial charge in [-0.15, -0.1) is 0 Å². The van der Waals surface area contributed by atoms with Crippen LogP contribution in [0.3, 0.4) is 0 Å². The summed E-state index contributed by atoms with van der Waals surface area (Å²) >= 11 is 0. The summed E-state index contributed by atoms with van der Waals surface area (Å²) in [6, 6.07) is 19.1. The van der Waals surface area contributed by atoms with E-state index in [4.69, 9.17) is 4.74 Å². The van der Waals surface area contributed by atoms with E-state index in [0.717, 1.165) is 32.5 Å². The highest BCUT2D eigenvalue weighted by atomic mass is 16.6. The molecule has 0 radical (unpaired) electrons. The van der Waals surface area contributed by atoms with Crippen LogP contribution in [0.5, 0.6) is 0 Å². The highest BCUT2D eigenvalue weighted by molar-refractivity contribution is 5.70. The Bertz CT molecular complexity index is 731. The Kier molecular flexibility index (Phi) is 3.98. The number of alkyl carbamates (subject to hydrolysis) is 1. The Balaban J connectivity index is 1.55. The monoisotopic (exact) mass is 322 g/mol. The van der Waals surface area contributed by atoms with Gasteiger partial charge in [0.1, 0.15) is 5.60 Å². The maximum absolute atomic E-state index is 11.5. The molecule has 2 aromatic carbocycles. The second-order valence-electron chi connectivity index (χ2n) is 6.76. The molecule has 4 nitrogen and oxygen atoms in total. The first-order valence-electron chi connectivity index (χ1n) is 8.57. The van der Waals surface area contributed by atoms with Gasteiger partial charge in [0.25, 0.3) is 0 Å². The molecule has 24 heavy (non-hydrogen) atoms. The van der Waals surface area contributed by atoms with Gasteiger partial charge in [-0.3, -0.25) is 4.90 Å². The van der Waals surface area contributed by atoms with Gasteiger partial charge in [0, 0.05) is 13.1 Å². The molecule has 0 aliphatic carbocycles. The van der Waals surface area contributed by atoms with Crippen LogP contribution in [-0.2, 0) is 11.3 Å². The van der Waals surface area contributed by atoms with Crippen LogP contribution in [0.25, 0.3) is 11.1 Å². The fourth-order valence-electron chi connectivity index (χ4n) is 3.85. The van der Waals surface area contributed by atoms with Crippen molar-refractivity contribution < 1.29 is 9.53 Å². The lowest BCUT2D eigenvalue weighted by molar-refractivity contribution is -0.0110. The van der Waals surface area contributed by atoms with E-state index in [-0.39, 0.29) is 11.7 Å². The summed E-state index contributed by atoms with van der Waals surface area (Å²) in [6.45, 7) is 3.35. The number of carbonyl (C=O) groups is 1. The number of nitrogens with one attached hydrogen (secondary N) is 1. The maximum Gasteiger partial charge on any atom is 0.407 e. The fraction of sp³-hybridized carbons (Fsp3) is 0.350. The number of rotatable bonds is 3. The standard InChI is InChI=1S/C20H22N2O2/c23-19-21-14-20(24-19)11-6-12-22(15-20)13-17-9-4-5-10-18(17)16-7-2-1-3-8-16/h1-5,7-10H,6,11-15H2,(H,21,23)/t20-/m0/s1. The minimum Gasteiger partial charge on any atom is -0.440 e.